The minimum Gasteiger partial charge on any atom is -0.366 e. The number of hydrogen-bond acceptors (Lipinski definition) is 6. The van der Waals surface area contributed by atoms with Crippen molar-refractivity contribution in [2.45, 2.75) is 33.2 Å². The minimum absolute atomic E-state index is 0.629. The van der Waals surface area contributed by atoms with Gasteiger partial charge in [0, 0.05) is 38.1 Å². The number of nitrogens with one attached hydrogen (secondary N) is 1. The highest BCUT2D eigenvalue weighted by atomic mass is 15.3. The predicted octanol–water partition coefficient (Wildman–Crippen LogP) is 2.54. The van der Waals surface area contributed by atoms with Gasteiger partial charge in [0.05, 0.1) is 0 Å². The SMILES string of the molecule is CCCc1cc(NCc2ccnc(N(C)CC)c2)n2ncnc2n1. The Kier molecular flexibility index (Phi) is 4.88. The first-order valence-electron chi connectivity index (χ1n) is 8.30. The van der Waals surface area contributed by atoms with Crippen molar-refractivity contribution in [3.63, 3.8) is 0 Å². The molecule has 0 atom stereocenters. The molecule has 0 radical (unpaired) electrons. The van der Waals surface area contributed by atoms with Crippen LogP contribution in [0, 0.1) is 0 Å². The van der Waals surface area contributed by atoms with Gasteiger partial charge >= 0.3 is 0 Å². The molecule has 7 nitrogen and oxygen atoms in total. The summed E-state index contributed by atoms with van der Waals surface area (Å²) in [7, 11) is 2.04. The van der Waals surface area contributed by atoms with Crippen LogP contribution in [0.15, 0.2) is 30.7 Å². The van der Waals surface area contributed by atoms with Gasteiger partial charge in [-0.05, 0) is 31.0 Å². The van der Waals surface area contributed by atoms with Crippen molar-refractivity contribution in [2.24, 2.45) is 0 Å². The van der Waals surface area contributed by atoms with Gasteiger partial charge in [0.25, 0.3) is 5.78 Å². The number of nitrogens with zero attached hydrogens (tertiary/aromatic N) is 6. The van der Waals surface area contributed by atoms with Crippen molar-refractivity contribution in [3.05, 3.63) is 42.0 Å². The Balaban J connectivity index is 1.81. The zero-order valence-electron chi connectivity index (χ0n) is 14.4. The second-order valence-electron chi connectivity index (χ2n) is 5.74. The number of anilines is 2. The lowest BCUT2D eigenvalue weighted by atomic mass is 10.2. The number of aromatic nitrogens is 5. The van der Waals surface area contributed by atoms with Crippen LogP contribution in [0.1, 0.15) is 31.5 Å². The second kappa shape index (κ2) is 7.25. The van der Waals surface area contributed by atoms with Crippen LogP contribution in [0.2, 0.25) is 0 Å². The minimum atomic E-state index is 0.629. The van der Waals surface area contributed by atoms with E-state index >= 15 is 0 Å². The first-order valence-corrected chi connectivity index (χ1v) is 8.30. The molecule has 0 saturated heterocycles. The van der Waals surface area contributed by atoms with E-state index in [1.54, 1.807) is 4.52 Å². The van der Waals surface area contributed by atoms with E-state index in [1.807, 2.05) is 25.4 Å². The number of fused-ring (bicyclic) bond motifs is 1. The van der Waals surface area contributed by atoms with Gasteiger partial charge < -0.3 is 10.2 Å². The Hall–Kier alpha value is -2.70. The van der Waals surface area contributed by atoms with E-state index in [9.17, 15) is 0 Å². The highest BCUT2D eigenvalue weighted by Gasteiger charge is 2.08. The molecular weight excluding hydrogens is 302 g/mol. The summed E-state index contributed by atoms with van der Waals surface area (Å²) < 4.78 is 1.74. The largest absolute Gasteiger partial charge is 0.366 e. The van der Waals surface area contributed by atoms with Crippen molar-refractivity contribution in [1.29, 1.82) is 0 Å². The van der Waals surface area contributed by atoms with E-state index in [0.717, 1.165) is 36.7 Å². The van der Waals surface area contributed by atoms with Gasteiger partial charge in [-0.3, -0.25) is 0 Å². The van der Waals surface area contributed by atoms with Crippen LogP contribution in [-0.2, 0) is 13.0 Å². The molecule has 0 bridgehead atoms. The standard InChI is InChI=1S/C17H23N7/c1-4-6-14-10-16(24-17(22-14)20-12-21-24)19-11-13-7-8-18-15(9-13)23(3)5-2/h7-10,12,19H,4-6,11H2,1-3H3. The molecule has 3 rings (SSSR count). The maximum absolute atomic E-state index is 4.52. The summed E-state index contributed by atoms with van der Waals surface area (Å²) in [6.07, 6.45) is 5.36. The van der Waals surface area contributed by atoms with E-state index in [4.69, 9.17) is 0 Å². The third-order valence-corrected chi connectivity index (χ3v) is 3.96. The van der Waals surface area contributed by atoms with Crippen LogP contribution in [-0.4, -0.2) is 38.2 Å². The number of aryl methyl sites for hydroxylation is 1. The monoisotopic (exact) mass is 325 g/mol. The Labute approximate surface area is 141 Å². The maximum atomic E-state index is 4.52. The highest BCUT2D eigenvalue weighted by molar-refractivity contribution is 5.46. The second-order valence-corrected chi connectivity index (χ2v) is 5.74. The van der Waals surface area contributed by atoms with Crippen LogP contribution >= 0.6 is 0 Å². The molecule has 24 heavy (non-hydrogen) atoms. The lowest BCUT2D eigenvalue weighted by molar-refractivity contribution is 0.853. The van der Waals surface area contributed by atoms with E-state index in [2.05, 4.69) is 50.2 Å². The molecule has 0 aromatic carbocycles. The predicted molar refractivity (Wildman–Crippen MR) is 95.3 cm³/mol. The van der Waals surface area contributed by atoms with Crippen molar-refractivity contribution >= 4 is 17.4 Å². The normalized spacial score (nSPS) is 11.0. The van der Waals surface area contributed by atoms with E-state index in [1.165, 1.54) is 11.9 Å². The van der Waals surface area contributed by atoms with Crippen molar-refractivity contribution in [3.8, 4) is 0 Å². The van der Waals surface area contributed by atoms with Gasteiger partial charge in [-0.1, -0.05) is 13.3 Å². The topological polar surface area (TPSA) is 71.2 Å². The molecule has 7 heteroatoms. The van der Waals surface area contributed by atoms with Crippen LogP contribution in [0.25, 0.3) is 5.78 Å². The molecule has 0 aliphatic rings. The summed E-state index contributed by atoms with van der Waals surface area (Å²) >= 11 is 0. The average Bonchev–Trinajstić information content (AvgIpc) is 3.08. The zero-order valence-corrected chi connectivity index (χ0v) is 14.4. The van der Waals surface area contributed by atoms with Crippen LogP contribution in [0.5, 0.6) is 0 Å². The van der Waals surface area contributed by atoms with Crippen LogP contribution in [0.4, 0.5) is 11.6 Å². The Morgan fingerprint density at radius 3 is 2.88 bits per heavy atom. The molecule has 1 N–H and O–H groups in total. The van der Waals surface area contributed by atoms with E-state index < -0.39 is 0 Å². The summed E-state index contributed by atoms with van der Waals surface area (Å²) in [6.45, 7) is 5.87. The first-order chi connectivity index (χ1) is 11.7. The highest BCUT2D eigenvalue weighted by Crippen LogP contribution is 2.15. The molecule has 3 aromatic heterocycles. The maximum Gasteiger partial charge on any atom is 0.254 e. The molecular formula is C17H23N7. The Morgan fingerprint density at radius 2 is 2.08 bits per heavy atom. The molecule has 0 aliphatic heterocycles. The van der Waals surface area contributed by atoms with Crippen molar-refractivity contribution in [2.75, 3.05) is 23.8 Å². The summed E-state index contributed by atoms with van der Waals surface area (Å²) in [5.41, 5.74) is 2.20. The third kappa shape index (κ3) is 3.45. The molecule has 3 aromatic rings. The van der Waals surface area contributed by atoms with Gasteiger partial charge in [0.2, 0.25) is 0 Å². The fourth-order valence-electron chi connectivity index (χ4n) is 2.51. The first kappa shape index (κ1) is 16.2. The van der Waals surface area contributed by atoms with Gasteiger partial charge in [-0.15, -0.1) is 0 Å². The summed E-state index contributed by atoms with van der Waals surface area (Å²) in [6, 6.07) is 6.17. The fourth-order valence-corrected chi connectivity index (χ4v) is 2.51. The zero-order chi connectivity index (χ0) is 16.9. The van der Waals surface area contributed by atoms with E-state index in [0.29, 0.717) is 12.3 Å². The molecule has 0 fully saturated rings. The van der Waals surface area contributed by atoms with Gasteiger partial charge in [0.15, 0.2) is 0 Å². The van der Waals surface area contributed by atoms with Gasteiger partial charge in [-0.2, -0.15) is 14.6 Å². The molecule has 0 spiro atoms. The molecule has 0 saturated carbocycles. The van der Waals surface area contributed by atoms with E-state index in [-0.39, 0.29) is 0 Å². The van der Waals surface area contributed by atoms with Crippen molar-refractivity contribution < 1.29 is 0 Å². The smallest absolute Gasteiger partial charge is 0.254 e. The number of hydrogen-bond donors (Lipinski definition) is 1. The van der Waals surface area contributed by atoms with Crippen molar-refractivity contribution in [1.82, 2.24) is 24.6 Å². The molecule has 0 amide bonds. The average molecular weight is 325 g/mol. The summed E-state index contributed by atoms with van der Waals surface area (Å²) in [4.78, 5) is 15.3. The molecule has 0 unspecified atom stereocenters. The van der Waals surface area contributed by atoms with Gasteiger partial charge in [-0.25, -0.2) is 9.97 Å². The lowest BCUT2D eigenvalue weighted by Crippen LogP contribution is -2.17. The molecule has 126 valence electrons. The number of pyridine rings is 1. The Morgan fingerprint density at radius 1 is 1.21 bits per heavy atom. The molecule has 0 aliphatic carbocycles. The van der Waals surface area contributed by atoms with Gasteiger partial charge in [0.1, 0.15) is 18.0 Å². The Bertz CT molecular complexity index is 812. The molecule has 3 heterocycles. The fraction of sp³-hybridized carbons (Fsp3) is 0.412. The van der Waals surface area contributed by atoms with Crippen LogP contribution < -0.4 is 10.2 Å². The lowest BCUT2D eigenvalue weighted by Gasteiger charge is -2.16. The third-order valence-electron chi connectivity index (χ3n) is 3.96. The summed E-state index contributed by atoms with van der Waals surface area (Å²) in [5.74, 6) is 2.51. The number of rotatable bonds is 7. The summed E-state index contributed by atoms with van der Waals surface area (Å²) in [5, 5.41) is 7.70. The van der Waals surface area contributed by atoms with Crippen LogP contribution in [0.3, 0.4) is 0 Å². The quantitative estimate of drug-likeness (QED) is 0.720.